The Balaban J connectivity index is 1.84. The number of carbonyl (C=O) groups excluding carboxylic acids is 4. The van der Waals surface area contributed by atoms with Gasteiger partial charge in [0.2, 0.25) is 11.8 Å². The van der Waals surface area contributed by atoms with E-state index in [4.69, 9.17) is 10.7 Å². The summed E-state index contributed by atoms with van der Waals surface area (Å²) < 4.78 is 0. The third kappa shape index (κ3) is 11.6. The zero-order chi connectivity index (χ0) is 39.4. The van der Waals surface area contributed by atoms with Crippen molar-refractivity contribution in [2.75, 3.05) is 32.9 Å². The first-order valence-electron chi connectivity index (χ1n) is 18.7. The SMILES string of the molecule is CCNC(=O)N1C(C)[C@H](N(C)C(=O)[C@@H](NC(=O)[C@@H](C)CCCNC)[C@@H](C)CC)C[C@@H]1c1nc(C(=O)N[C@@H](Cc2ccc(N)cc2)C[C@H](C)C(=O)O)cs1. The molecule has 5 amide bonds. The number of thiazole rings is 1. The van der Waals surface area contributed by atoms with Crippen LogP contribution in [0.25, 0.3) is 0 Å². The van der Waals surface area contributed by atoms with Crippen molar-refractivity contribution in [1.29, 1.82) is 0 Å². The molecule has 2 heterocycles. The fraction of sp³-hybridized carbons (Fsp3) is 0.632. The largest absolute Gasteiger partial charge is 0.481 e. The van der Waals surface area contributed by atoms with Gasteiger partial charge in [0.1, 0.15) is 16.7 Å². The van der Waals surface area contributed by atoms with Crippen LogP contribution >= 0.6 is 11.3 Å². The number of carboxylic acid groups (broad SMARTS) is 1. The normalized spacial score (nSPS) is 19.8. The van der Waals surface area contributed by atoms with Gasteiger partial charge in [-0.15, -0.1) is 11.3 Å². The fourth-order valence-corrected chi connectivity index (χ4v) is 7.73. The molecule has 1 fully saturated rings. The van der Waals surface area contributed by atoms with Gasteiger partial charge in [0.15, 0.2) is 0 Å². The number of nitrogens with zero attached hydrogens (tertiary/aromatic N) is 3. The number of hydrogen-bond donors (Lipinski definition) is 6. The van der Waals surface area contributed by atoms with E-state index in [9.17, 15) is 29.1 Å². The van der Waals surface area contributed by atoms with E-state index in [1.54, 1.807) is 41.3 Å². The molecule has 0 aliphatic carbocycles. The number of hydrogen-bond acceptors (Lipinski definition) is 9. The van der Waals surface area contributed by atoms with Gasteiger partial charge in [-0.1, -0.05) is 46.2 Å². The number of likely N-dealkylation sites (tertiary alicyclic amines) is 1. The molecule has 15 heteroatoms. The predicted molar refractivity (Wildman–Crippen MR) is 207 cm³/mol. The Labute approximate surface area is 318 Å². The minimum atomic E-state index is -0.955. The van der Waals surface area contributed by atoms with Crippen LogP contribution < -0.4 is 27.0 Å². The van der Waals surface area contributed by atoms with E-state index in [1.165, 1.54) is 11.3 Å². The highest BCUT2D eigenvalue weighted by molar-refractivity contribution is 7.09. The highest BCUT2D eigenvalue weighted by Crippen LogP contribution is 2.40. The van der Waals surface area contributed by atoms with E-state index < -0.39 is 48.0 Å². The average Bonchev–Trinajstić information content (AvgIpc) is 3.75. The number of rotatable bonds is 19. The van der Waals surface area contributed by atoms with Crippen molar-refractivity contribution in [3.05, 3.63) is 45.9 Å². The van der Waals surface area contributed by atoms with Crippen molar-refractivity contribution in [3.8, 4) is 0 Å². The third-order valence-electron chi connectivity index (χ3n) is 10.4. The summed E-state index contributed by atoms with van der Waals surface area (Å²) in [5.74, 6) is -2.83. The third-order valence-corrected chi connectivity index (χ3v) is 11.3. The van der Waals surface area contributed by atoms with E-state index in [-0.39, 0.29) is 41.8 Å². The van der Waals surface area contributed by atoms with Gasteiger partial charge in [0.05, 0.1) is 24.0 Å². The van der Waals surface area contributed by atoms with Gasteiger partial charge in [-0.3, -0.25) is 19.2 Å². The first kappa shape index (κ1) is 43.2. The zero-order valence-corrected chi connectivity index (χ0v) is 33.3. The molecule has 1 aliphatic rings. The van der Waals surface area contributed by atoms with Crippen LogP contribution in [0.3, 0.4) is 0 Å². The lowest BCUT2D eigenvalue weighted by atomic mass is 9.95. The average molecular weight is 757 g/mol. The van der Waals surface area contributed by atoms with Crippen LogP contribution in [0.5, 0.6) is 0 Å². The second-order valence-corrected chi connectivity index (χ2v) is 15.3. The number of urea groups is 1. The summed E-state index contributed by atoms with van der Waals surface area (Å²) in [6.07, 6.45) is 3.23. The summed E-state index contributed by atoms with van der Waals surface area (Å²) >= 11 is 1.26. The molecule has 0 saturated carbocycles. The molecule has 1 aromatic heterocycles. The highest BCUT2D eigenvalue weighted by Gasteiger charge is 2.47. The van der Waals surface area contributed by atoms with Gasteiger partial charge in [0.25, 0.3) is 5.91 Å². The molecule has 1 aromatic carbocycles. The Bertz CT molecular complexity index is 1540. The van der Waals surface area contributed by atoms with E-state index >= 15 is 0 Å². The molecule has 8 atom stereocenters. The Morgan fingerprint density at radius 1 is 1.08 bits per heavy atom. The van der Waals surface area contributed by atoms with Gasteiger partial charge >= 0.3 is 12.0 Å². The number of benzene rings is 1. The van der Waals surface area contributed by atoms with Crippen molar-refractivity contribution >= 4 is 46.7 Å². The number of aliphatic carboxylic acids is 1. The van der Waals surface area contributed by atoms with Crippen LogP contribution in [0, 0.1) is 17.8 Å². The van der Waals surface area contributed by atoms with Gasteiger partial charge in [-0.25, -0.2) is 9.78 Å². The molecule has 2 aromatic rings. The Kier molecular flexibility index (Phi) is 16.5. The van der Waals surface area contributed by atoms with Crippen molar-refractivity contribution in [1.82, 2.24) is 36.1 Å². The number of nitrogens with two attached hydrogens (primary N) is 1. The lowest BCUT2D eigenvalue weighted by Gasteiger charge is -2.35. The molecule has 1 saturated heterocycles. The number of carbonyl (C=O) groups is 5. The molecule has 0 radical (unpaired) electrons. The zero-order valence-electron chi connectivity index (χ0n) is 32.5. The van der Waals surface area contributed by atoms with Crippen LogP contribution in [-0.2, 0) is 20.8 Å². The van der Waals surface area contributed by atoms with Gasteiger partial charge < -0.3 is 41.9 Å². The number of nitrogen functional groups attached to an aromatic ring is 1. The number of nitrogens with one attached hydrogen (secondary N) is 4. The van der Waals surface area contributed by atoms with Crippen LogP contribution in [0.1, 0.15) is 101 Å². The van der Waals surface area contributed by atoms with Crippen molar-refractivity contribution < 1.29 is 29.1 Å². The molecule has 0 spiro atoms. The van der Waals surface area contributed by atoms with E-state index in [2.05, 4.69) is 21.3 Å². The smallest absolute Gasteiger partial charge is 0.318 e. The number of carboxylic acids is 1. The molecule has 53 heavy (non-hydrogen) atoms. The van der Waals surface area contributed by atoms with Crippen LogP contribution in [0.2, 0.25) is 0 Å². The topological polar surface area (TPSA) is 199 Å². The van der Waals surface area contributed by atoms with Crippen molar-refractivity contribution in [3.63, 3.8) is 0 Å². The predicted octanol–water partition coefficient (Wildman–Crippen LogP) is 4.04. The van der Waals surface area contributed by atoms with Gasteiger partial charge in [-0.2, -0.15) is 0 Å². The van der Waals surface area contributed by atoms with Crippen molar-refractivity contribution in [2.24, 2.45) is 17.8 Å². The Morgan fingerprint density at radius 3 is 2.36 bits per heavy atom. The molecular weight excluding hydrogens is 697 g/mol. The molecule has 14 nitrogen and oxygen atoms in total. The lowest BCUT2D eigenvalue weighted by Crippen LogP contribution is -2.56. The number of anilines is 1. The van der Waals surface area contributed by atoms with Crippen LogP contribution in [0.15, 0.2) is 29.6 Å². The van der Waals surface area contributed by atoms with Crippen LogP contribution in [-0.4, -0.2) is 101 Å². The second-order valence-electron chi connectivity index (χ2n) is 14.4. The number of aromatic nitrogens is 1. The quantitative estimate of drug-likeness (QED) is 0.0905. The highest BCUT2D eigenvalue weighted by atomic mass is 32.1. The fourth-order valence-electron chi connectivity index (χ4n) is 6.82. The Morgan fingerprint density at radius 2 is 1.75 bits per heavy atom. The number of amides is 5. The summed E-state index contributed by atoms with van der Waals surface area (Å²) in [5, 5.41) is 23.8. The van der Waals surface area contributed by atoms with Crippen molar-refractivity contribution in [2.45, 2.75) is 110 Å². The van der Waals surface area contributed by atoms with E-state index in [0.29, 0.717) is 42.9 Å². The van der Waals surface area contributed by atoms with Gasteiger partial charge in [0, 0.05) is 36.6 Å². The molecule has 1 unspecified atom stereocenters. The molecule has 294 valence electrons. The minimum absolute atomic E-state index is 0.118. The van der Waals surface area contributed by atoms with E-state index in [0.717, 1.165) is 18.5 Å². The maximum atomic E-state index is 14.2. The molecular formula is C38H60N8O6S. The first-order chi connectivity index (χ1) is 25.1. The summed E-state index contributed by atoms with van der Waals surface area (Å²) in [5.41, 5.74) is 7.50. The molecule has 0 bridgehead atoms. The lowest BCUT2D eigenvalue weighted by molar-refractivity contribution is -0.141. The standard InChI is InChI=1S/C38H60N8O6S/c1-9-22(3)32(44-33(47)23(4)12-11-17-40-7)36(49)45(8)30-20-31(46(25(30)6)38(52)41-10-2)35-43-29(21-53-35)34(48)42-28(18-24(5)37(50)51)19-26-13-15-27(39)16-14-26/h13-16,21-25,28,30-32,40H,9-12,17-20,39H2,1-8H3,(H,41,52)(H,42,48)(H,44,47)(H,50,51)/t22-,23-,24-,25?,28+,30+,31+,32-/m0/s1. The summed E-state index contributed by atoms with van der Waals surface area (Å²) in [7, 11) is 3.59. The Hall–Kier alpha value is -4.24. The maximum absolute atomic E-state index is 14.2. The first-order valence-corrected chi connectivity index (χ1v) is 19.6. The monoisotopic (exact) mass is 756 g/mol. The minimum Gasteiger partial charge on any atom is -0.481 e. The maximum Gasteiger partial charge on any atom is 0.318 e. The number of likely N-dealkylation sites (N-methyl/N-ethyl adjacent to an activating group) is 1. The second kappa shape index (κ2) is 20.3. The van der Waals surface area contributed by atoms with E-state index in [1.807, 2.05) is 53.8 Å². The van der Waals surface area contributed by atoms with Crippen LogP contribution in [0.4, 0.5) is 10.5 Å². The molecule has 3 rings (SSSR count). The molecule has 7 N–H and O–H groups in total. The summed E-state index contributed by atoms with van der Waals surface area (Å²) in [4.78, 5) is 74.2. The summed E-state index contributed by atoms with van der Waals surface area (Å²) in [6.45, 7) is 12.4. The summed E-state index contributed by atoms with van der Waals surface area (Å²) in [6, 6.07) is 4.38. The van der Waals surface area contributed by atoms with Gasteiger partial charge in [-0.05, 0) is 83.2 Å². The molecule has 1 aliphatic heterocycles.